The van der Waals surface area contributed by atoms with E-state index < -0.39 is 35.0 Å². The fraction of sp³-hybridized carbons (Fsp3) is 0.361. The van der Waals surface area contributed by atoms with Crippen LogP contribution < -0.4 is 41.3 Å². The molecule has 0 spiro atoms. The average Bonchev–Trinajstić information content (AvgIpc) is 3.70. The van der Waals surface area contributed by atoms with Crippen molar-refractivity contribution < 1.29 is 46.2 Å². The Bertz CT molecular complexity index is 3920. The summed E-state index contributed by atoms with van der Waals surface area (Å²) in [6.07, 6.45) is 12.9. The highest BCUT2D eigenvalue weighted by atomic mass is 19.1. The first-order valence-corrected chi connectivity index (χ1v) is 28.6. The van der Waals surface area contributed by atoms with Crippen LogP contribution in [-0.4, -0.2) is 129 Å². The smallest absolute Gasteiger partial charge is 0.414 e. The van der Waals surface area contributed by atoms with Gasteiger partial charge in [0.25, 0.3) is 0 Å². The third-order valence-electron chi connectivity index (χ3n) is 15.1. The summed E-state index contributed by atoms with van der Waals surface area (Å²) in [5.41, 5.74) is 10.6. The number of amides is 3. The summed E-state index contributed by atoms with van der Waals surface area (Å²) in [6.45, 7) is 14.6. The van der Waals surface area contributed by atoms with Gasteiger partial charge in [0.05, 0.1) is 71.0 Å². The highest BCUT2D eigenvalue weighted by Crippen LogP contribution is 2.43. The number of nitrogens with zero attached hydrogens (tertiary/aromatic N) is 12. The number of hydrogen-bond acceptors (Lipinski definition) is 19. The van der Waals surface area contributed by atoms with Crippen LogP contribution in [0.5, 0.6) is 0 Å². The number of fused-ring (bicyclic) bond motifs is 2. The number of nitrogens with one attached hydrogen (secondary N) is 3. The van der Waals surface area contributed by atoms with Gasteiger partial charge in [-0.05, 0) is 60.3 Å². The number of benzene rings is 2. The molecule has 26 heteroatoms. The van der Waals surface area contributed by atoms with Crippen LogP contribution in [-0.2, 0) is 23.8 Å². The van der Waals surface area contributed by atoms with Gasteiger partial charge in [-0.3, -0.25) is 24.7 Å². The molecule has 22 nitrogen and oxygen atoms in total. The third kappa shape index (κ3) is 13.2. The monoisotopic (exact) mass is 1190 g/mol. The molecule has 0 radical (unpaired) electrons. The normalized spacial score (nSPS) is 15.8. The number of halogens is 4. The number of rotatable bonds is 11. The summed E-state index contributed by atoms with van der Waals surface area (Å²) in [6, 6.07) is 7.71. The predicted molar refractivity (Wildman–Crippen MR) is 323 cm³/mol. The number of carbonyl (C=O) groups is 3. The molecule has 0 unspecified atom stereocenters. The van der Waals surface area contributed by atoms with Gasteiger partial charge < -0.3 is 40.4 Å². The van der Waals surface area contributed by atoms with Crippen molar-refractivity contribution in [1.82, 2.24) is 39.9 Å². The van der Waals surface area contributed by atoms with Gasteiger partial charge in [-0.2, -0.15) is 0 Å². The second-order valence-electron chi connectivity index (χ2n) is 22.3. The van der Waals surface area contributed by atoms with E-state index in [0.29, 0.717) is 158 Å². The largest absolute Gasteiger partial charge is 0.444 e. The Morgan fingerprint density at radius 3 is 1.41 bits per heavy atom. The van der Waals surface area contributed by atoms with Crippen LogP contribution in [0.25, 0.3) is 44.1 Å². The molecule has 6 aromatic heterocycles. The molecular weight excluding hydrogens is 1130 g/mol. The molecular formula is C61H64F4N16O6. The molecule has 0 aliphatic carbocycles. The van der Waals surface area contributed by atoms with Gasteiger partial charge in [0.2, 0.25) is 23.7 Å². The van der Waals surface area contributed by atoms with Crippen LogP contribution in [0.1, 0.15) is 70.4 Å². The lowest BCUT2D eigenvalue weighted by molar-refractivity contribution is -0.120. The number of anilines is 10. The van der Waals surface area contributed by atoms with Crippen LogP contribution in [0.4, 0.5) is 80.3 Å². The van der Waals surface area contributed by atoms with E-state index in [-0.39, 0.29) is 45.5 Å². The summed E-state index contributed by atoms with van der Waals surface area (Å²) in [5, 5.41) is 9.54. The van der Waals surface area contributed by atoms with E-state index in [4.69, 9.17) is 24.9 Å². The lowest BCUT2D eigenvalue weighted by Gasteiger charge is -2.30. The number of nitrogens with two attached hydrogens (primary N) is 1. The number of morpholine rings is 2. The summed E-state index contributed by atoms with van der Waals surface area (Å²) < 4.78 is 76.1. The molecule has 4 saturated heterocycles. The minimum Gasteiger partial charge on any atom is -0.444 e. The zero-order valence-corrected chi connectivity index (χ0v) is 48.6. The molecule has 4 aliphatic heterocycles. The Balaban J connectivity index is 0.000000182. The van der Waals surface area contributed by atoms with Crippen molar-refractivity contribution in [3.63, 3.8) is 0 Å². The number of pyridine rings is 4. The number of hydrogen-bond donors (Lipinski definition) is 4. The molecule has 3 amide bonds. The van der Waals surface area contributed by atoms with Crippen molar-refractivity contribution in [2.75, 3.05) is 107 Å². The van der Waals surface area contributed by atoms with Crippen LogP contribution >= 0.6 is 0 Å². The van der Waals surface area contributed by atoms with Gasteiger partial charge >= 0.3 is 6.09 Å². The molecule has 0 bridgehead atoms. The van der Waals surface area contributed by atoms with Crippen molar-refractivity contribution in [3.05, 3.63) is 108 Å². The summed E-state index contributed by atoms with van der Waals surface area (Å²) in [5.74, 6) is -0.956. The van der Waals surface area contributed by atoms with Gasteiger partial charge in [-0.25, -0.2) is 62.2 Å². The molecule has 2 aromatic carbocycles. The molecule has 87 heavy (non-hydrogen) atoms. The lowest BCUT2D eigenvalue weighted by Crippen LogP contribution is -2.36. The Hall–Kier alpha value is -9.43. The SMILES string of the molecule is Cc1c(N2CCCCC2=O)nc2cc(F)cc(F)c2c1Nc1cc(N2CCOCC2)ncc1-c1cnc(N)nc1.Cc1c(N2CCCCC2=O)nc2cc(F)cc(F)c2c1Nc1cc(N2CCOCC2)ncc1-c1cnc(NC(=O)OC(C)(C)C)nc1. The van der Waals surface area contributed by atoms with E-state index in [9.17, 15) is 23.2 Å². The first kappa shape index (κ1) is 59.3. The van der Waals surface area contributed by atoms with Crippen molar-refractivity contribution >= 4 is 97.6 Å². The lowest BCUT2D eigenvalue weighted by atomic mass is 10.0. The van der Waals surface area contributed by atoms with E-state index >= 15 is 8.78 Å². The van der Waals surface area contributed by atoms with Gasteiger partial charge in [-0.15, -0.1) is 0 Å². The average molecular weight is 1190 g/mol. The number of ether oxygens (including phenoxy) is 3. The zero-order valence-electron chi connectivity index (χ0n) is 48.6. The summed E-state index contributed by atoms with van der Waals surface area (Å²) in [4.78, 5) is 80.8. The van der Waals surface area contributed by atoms with Crippen LogP contribution in [0.3, 0.4) is 0 Å². The van der Waals surface area contributed by atoms with E-state index in [1.165, 1.54) is 18.5 Å². The fourth-order valence-electron chi connectivity index (χ4n) is 10.8. The van der Waals surface area contributed by atoms with Crippen molar-refractivity contribution in [1.29, 1.82) is 0 Å². The molecule has 5 N–H and O–H groups in total. The highest BCUT2D eigenvalue weighted by Gasteiger charge is 2.30. The number of aromatic nitrogens is 8. The Morgan fingerprint density at radius 2 is 1.00 bits per heavy atom. The summed E-state index contributed by atoms with van der Waals surface area (Å²) >= 11 is 0. The van der Waals surface area contributed by atoms with Crippen LogP contribution in [0.2, 0.25) is 0 Å². The molecule has 0 atom stereocenters. The first-order chi connectivity index (χ1) is 41.8. The minimum absolute atomic E-state index is 0.0475. The van der Waals surface area contributed by atoms with Gasteiger partial charge in [0, 0.05) is 159 Å². The maximum Gasteiger partial charge on any atom is 0.414 e. The Kier molecular flexibility index (Phi) is 17.2. The molecule has 10 heterocycles. The topological polar surface area (TPSA) is 257 Å². The Morgan fingerprint density at radius 1 is 0.575 bits per heavy atom. The minimum atomic E-state index is -0.792. The fourth-order valence-corrected chi connectivity index (χ4v) is 10.8. The number of carbonyl (C=O) groups excluding carboxylic acids is 3. The number of piperidine rings is 2. The maximum absolute atomic E-state index is 15.6. The van der Waals surface area contributed by atoms with Gasteiger partial charge in [0.1, 0.15) is 52.1 Å². The molecule has 8 aromatic rings. The van der Waals surface area contributed by atoms with E-state index in [2.05, 4.69) is 60.6 Å². The molecule has 0 saturated carbocycles. The standard InChI is InChI=1S/C33H36F2N8O4.C28H28F2N8O2/c1-19-29(28-23(35)13-21(34)14-25(28)40-30(19)43-8-6-5-7-27(43)44)39-24-15-26(42-9-11-46-12-10-42)36-18-22(24)20-16-37-31(38-17-20)41-32(45)47-33(2,3)4;1-16-26(25-20(30)10-18(29)11-22(25)36-27(16)38-5-3-2-4-24(38)39)35-21-12-23(37-6-8-40-9-7-37)32-15-19(21)17-13-33-28(31)34-14-17/h13-18H,5-12H2,1-4H3,(H,36,39,40)(H,37,38,41,45);10-15H,2-9H2,1H3,(H2,31,33,34)(H,32,35,36). The van der Waals surface area contributed by atoms with Crippen molar-refractivity contribution in [2.24, 2.45) is 0 Å². The summed E-state index contributed by atoms with van der Waals surface area (Å²) in [7, 11) is 0. The zero-order chi connectivity index (χ0) is 61.1. The first-order valence-electron chi connectivity index (χ1n) is 28.6. The van der Waals surface area contributed by atoms with E-state index in [1.54, 1.807) is 69.2 Å². The van der Waals surface area contributed by atoms with Crippen molar-refractivity contribution in [2.45, 2.75) is 78.7 Å². The van der Waals surface area contributed by atoms with E-state index in [1.807, 2.05) is 12.1 Å². The van der Waals surface area contributed by atoms with E-state index in [0.717, 1.165) is 43.9 Å². The van der Waals surface area contributed by atoms with Crippen LogP contribution in [0.15, 0.2) is 73.6 Å². The highest BCUT2D eigenvalue weighted by molar-refractivity contribution is 6.04. The van der Waals surface area contributed by atoms with Crippen molar-refractivity contribution in [3.8, 4) is 22.3 Å². The van der Waals surface area contributed by atoms with Gasteiger partial charge in [0.15, 0.2) is 0 Å². The van der Waals surface area contributed by atoms with Crippen LogP contribution in [0, 0.1) is 37.1 Å². The second kappa shape index (κ2) is 25.3. The predicted octanol–water partition coefficient (Wildman–Crippen LogP) is 10.5. The molecule has 4 aliphatic rings. The molecule has 12 rings (SSSR count). The molecule has 4 fully saturated rings. The maximum atomic E-state index is 15.6. The third-order valence-corrected chi connectivity index (χ3v) is 15.1. The number of nitrogen functional groups attached to an aromatic ring is 1. The molecule has 452 valence electrons. The second-order valence-corrected chi connectivity index (χ2v) is 22.3. The quantitative estimate of drug-likeness (QED) is 0.0878. The Labute approximate surface area is 497 Å². The van der Waals surface area contributed by atoms with Gasteiger partial charge in [-0.1, -0.05) is 0 Å².